The van der Waals surface area contributed by atoms with Crippen LogP contribution >= 0.6 is 0 Å². The molecule has 0 heterocycles. The van der Waals surface area contributed by atoms with Crippen molar-refractivity contribution < 1.29 is 8.78 Å². The molecule has 9 heavy (non-hydrogen) atoms. The lowest BCUT2D eigenvalue weighted by molar-refractivity contribution is 0.0823. The minimum Gasteiger partial charge on any atom is -0.320 e. The fourth-order valence-corrected chi connectivity index (χ4v) is 0.498. The molecule has 0 amide bonds. The Morgan fingerprint density at radius 1 is 1.44 bits per heavy atom. The summed E-state index contributed by atoms with van der Waals surface area (Å²) >= 11 is 0. The molecule has 0 aromatic carbocycles. The Morgan fingerprint density at radius 3 is 2.33 bits per heavy atom. The Kier molecular flexibility index (Phi) is 4.58. The van der Waals surface area contributed by atoms with E-state index in [1.54, 1.807) is 14.0 Å². The van der Waals surface area contributed by atoms with E-state index in [2.05, 4.69) is 5.32 Å². The third kappa shape index (κ3) is 4.33. The van der Waals surface area contributed by atoms with E-state index in [0.717, 1.165) is 0 Å². The summed E-state index contributed by atoms with van der Waals surface area (Å²) in [6.07, 6.45) is -1.62. The van der Waals surface area contributed by atoms with Crippen molar-refractivity contribution in [1.82, 2.24) is 5.32 Å². The predicted molar refractivity (Wildman–Crippen MR) is 33.7 cm³/mol. The zero-order chi connectivity index (χ0) is 7.28. The normalized spacial score (nSPS) is 14.3. The molecule has 0 aliphatic heterocycles. The van der Waals surface area contributed by atoms with Gasteiger partial charge in [0.25, 0.3) is 0 Å². The summed E-state index contributed by atoms with van der Waals surface area (Å²) in [6, 6.07) is 0. The lowest BCUT2D eigenvalue weighted by Crippen LogP contribution is -2.15. The minimum absolute atomic E-state index is 0.475. The number of hydrogen-bond donors (Lipinski definition) is 1. The summed E-state index contributed by atoms with van der Waals surface area (Å²) in [5.41, 5.74) is 0. The van der Waals surface area contributed by atoms with E-state index in [1.165, 1.54) is 0 Å². The van der Waals surface area contributed by atoms with E-state index in [0.29, 0.717) is 13.0 Å². The van der Waals surface area contributed by atoms with Gasteiger partial charge in [0, 0.05) is 5.92 Å². The SMILES string of the molecule is CNCCC(C)C(F)F. The maximum Gasteiger partial charge on any atom is 0.241 e. The smallest absolute Gasteiger partial charge is 0.241 e. The van der Waals surface area contributed by atoms with Crippen LogP contribution in [0, 0.1) is 5.92 Å². The van der Waals surface area contributed by atoms with Gasteiger partial charge in [-0.05, 0) is 20.0 Å². The van der Waals surface area contributed by atoms with Gasteiger partial charge in [0.1, 0.15) is 0 Å². The summed E-state index contributed by atoms with van der Waals surface area (Å²) in [5, 5.41) is 2.82. The average molecular weight is 137 g/mol. The highest BCUT2D eigenvalue weighted by Crippen LogP contribution is 2.11. The molecule has 56 valence electrons. The van der Waals surface area contributed by atoms with Crippen LogP contribution in [0.25, 0.3) is 0 Å². The lowest BCUT2D eigenvalue weighted by Gasteiger charge is -2.07. The van der Waals surface area contributed by atoms with Gasteiger partial charge in [-0.1, -0.05) is 6.92 Å². The van der Waals surface area contributed by atoms with Gasteiger partial charge < -0.3 is 5.32 Å². The minimum atomic E-state index is -2.17. The second-order valence-corrected chi connectivity index (χ2v) is 2.20. The molecule has 0 radical (unpaired) electrons. The van der Waals surface area contributed by atoms with Crippen molar-refractivity contribution in [3.63, 3.8) is 0 Å². The van der Waals surface area contributed by atoms with Crippen LogP contribution in [0.1, 0.15) is 13.3 Å². The quantitative estimate of drug-likeness (QED) is 0.619. The van der Waals surface area contributed by atoms with Gasteiger partial charge in [-0.2, -0.15) is 0 Å². The monoisotopic (exact) mass is 137 g/mol. The van der Waals surface area contributed by atoms with Crippen LogP contribution in [0.15, 0.2) is 0 Å². The van der Waals surface area contributed by atoms with Crippen molar-refractivity contribution in [3.05, 3.63) is 0 Å². The van der Waals surface area contributed by atoms with E-state index < -0.39 is 12.3 Å². The molecule has 0 aliphatic carbocycles. The van der Waals surface area contributed by atoms with Crippen LogP contribution in [0.4, 0.5) is 8.78 Å². The molecule has 3 heteroatoms. The Hall–Kier alpha value is -0.180. The topological polar surface area (TPSA) is 12.0 Å². The molecule has 1 N–H and O–H groups in total. The molecule has 0 rings (SSSR count). The molecule has 0 fully saturated rings. The van der Waals surface area contributed by atoms with Crippen molar-refractivity contribution in [1.29, 1.82) is 0 Å². The Morgan fingerprint density at radius 2 is 2.00 bits per heavy atom. The van der Waals surface area contributed by atoms with Gasteiger partial charge in [-0.15, -0.1) is 0 Å². The van der Waals surface area contributed by atoms with E-state index in [9.17, 15) is 8.78 Å². The number of rotatable bonds is 4. The summed E-state index contributed by atoms with van der Waals surface area (Å²) in [4.78, 5) is 0. The first-order valence-corrected chi connectivity index (χ1v) is 3.11. The highest BCUT2D eigenvalue weighted by Gasteiger charge is 2.12. The van der Waals surface area contributed by atoms with Gasteiger partial charge >= 0.3 is 0 Å². The maximum atomic E-state index is 11.7. The Bertz CT molecular complexity index is 66.1. The first kappa shape index (κ1) is 8.82. The van der Waals surface area contributed by atoms with Crippen molar-refractivity contribution in [3.8, 4) is 0 Å². The molecule has 0 bridgehead atoms. The van der Waals surface area contributed by atoms with Gasteiger partial charge in [0.15, 0.2) is 0 Å². The van der Waals surface area contributed by atoms with E-state index >= 15 is 0 Å². The third-order valence-corrected chi connectivity index (χ3v) is 1.28. The molecule has 0 saturated carbocycles. The number of nitrogens with one attached hydrogen (secondary N) is 1. The van der Waals surface area contributed by atoms with Crippen LogP contribution in [0.5, 0.6) is 0 Å². The third-order valence-electron chi connectivity index (χ3n) is 1.28. The molecule has 0 spiro atoms. The Balaban J connectivity index is 3.16. The summed E-state index contributed by atoms with van der Waals surface area (Å²) < 4.78 is 23.4. The molecular formula is C6H13F2N. The van der Waals surface area contributed by atoms with Crippen molar-refractivity contribution in [2.75, 3.05) is 13.6 Å². The maximum absolute atomic E-state index is 11.7. The second-order valence-electron chi connectivity index (χ2n) is 2.20. The van der Waals surface area contributed by atoms with Crippen LogP contribution in [0.2, 0.25) is 0 Å². The van der Waals surface area contributed by atoms with Gasteiger partial charge in [-0.3, -0.25) is 0 Å². The predicted octanol–water partition coefficient (Wildman–Crippen LogP) is 1.50. The van der Waals surface area contributed by atoms with E-state index in [-0.39, 0.29) is 0 Å². The first-order chi connectivity index (χ1) is 4.18. The molecule has 1 atom stereocenters. The van der Waals surface area contributed by atoms with E-state index in [1.807, 2.05) is 0 Å². The fourth-order valence-electron chi connectivity index (χ4n) is 0.498. The zero-order valence-electron chi connectivity index (χ0n) is 5.82. The zero-order valence-corrected chi connectivity index (χ0v) is 5.82. The van der Waals surface area contributed by atoms with Crippen LogP contribution in [-0.2, 0) is 0 Å². The fraction of sp³-hybridized carbons (Fsp3) is 1.00. The molecule has 0 aromatic heterocycles. The number of alkyl halides is 2. The van der Waals surface area contributed by atoms with Crippen LogP contribution < -0.4 is 5.32 Å². The van der Waals surface area contributed by atoms with Gasteiger partial charge in [0.2, 0.25) is 6.43 Å². The molecule has 0 aliphatic rings. The highest BCUT2D eigenvalue weighted by atomic mass is 19.3. The second kappa shape index (κ2) is 4.68. The standard InChI is InChI=1S/C6H13F2N/c1-5(6(7)8)3-4-9-2/h5-6,9H,3-4H2,1-2H3. The molecule has 0 aromatic rings. The van der Waals surface area contributed by atoms with Crippen LogP contribution in [0.3, 0.4) is 0 Å². The highest BCUT2D eigenvalue weighted by molar-refractivity contribution is 4.55. The Labute approximate surface area is 54.4 Å². The molecule has 1 nitrogen and oxygen atoms in total. The van der Waals surface area contributed by atoms with Crippen molar-refractivity contribution >= 4 is 0 Å². The molecule has 1 unspecified atom stereocenters. The van der Waals surface area contributed by atoms with E-state index in [4.69, 9.17) is 0 Å². The summed E-state index contributed by atoms with van der Waals surface area (Å²) in [7, 11) is 1.76. The van der Waals surface area contributed by atoms with Gasteiger partial charge in [0.05, 0.1) is 0 Å². The first-order valence-electron chi connectivity index (χ1n) is 3.11. The summed E-state index contributed by atoms with van der Waals surface area (Å²) in [5.74, 6) is -0.475. The number of hydrogen-bond acceptors (Lipinski definition) is 1. The lowest BCUT2D eigenvalue weighted by atomic mass is 10.1. The van der Waals surface area contributed by atoms with Crippen LogP contribution in [-0.4, -0.2) is 20.0 Å². The largest absolute Gasteiger partial charge is 0.320 e. The molecule has 0 saturated heterocycles. The summed E-state index contributed by atoms with van der Waals surface area (Å²) in [6.45, 7) is 2.23. The van der Waals surface area contributed by atoms with Gasteiger partial charge in [-0.25, -0.2) is 8.78 Å². The molecular weight excluding hydrogens is 124 g/mol. The average Bonchev–Trinajstić information content (AvgIpc) is 1.82. The number of halogens is 2. The van der Waals surface area contributed by atoms with Crippen molar-refractivity contribution in [2.45, 2.75) is 19.8 Å². The van der Waals surface area contributed by atoms with Crippen molar-refractivity contribution in [2.24, 2.45) is 5.92 Å².